The molecule has 122 valence electrons. The fourth-order valence-corrected chi connectivity index (χ4v) is 3.47. The number of amides is 1. The van der Waals surface area contributed by atoms with E-state index in [-0.39, 0.29) is 23.7 Å². The Morgan fingerprint density at radius 1 is 1.29 bits per heavy atom. The molecule has 0 saturated carbocycles. The predicted molar refractivity (Wildman–Crippen MR) is 84.1 cm³/mol. The minimum Gasteiger partial charge on any atom is -0.368 e. The average molecular weight is 297 g/mol. The first-order valence-electron chi connectivity index (χ1n) is 8.33. The third kappa shape index (κ3) is 4.41. The van der Waals surface area contributed by atoms with Gasteiger partial charge in [0.05, 0.1) is 17.7 Å². The predicted octanol–water partition coefficient (Wildman–Crippen LogP) is 1.22. The van der Waals surface area contributed by atoms with Crippen LogP contribution in [-0.4, -0.2) is 66.2 Å². The number of carbonyl (C=O) groups excluding carboxylic acids is 1. The van der Waals surface area contributed by atoms with Crippen LogP contribution in [0.1, 0.15) is 46.5 Å². The van der Waals surface area contributed by atoms with E-state index in [0.717, 1.165) is 39.0 Å². The Bertz CT molecular complexity index is 351. The largest absolute Gasteiger partial charge is 0.368 e. The summed E-state index contributed by atoms with van der Waals surface area (Å²) < 4.78 is 5.96. The maximum Gasteiger partial charge on any atom is 0.239 e. The second kappa shape index (κ2) is 7.07. The quantitative estimate of drug-likeness (QED) is 0.851. The van der Waals surface area contributed by atoms with Crippen molar-refractivity contribution in [2.45, 2.75) is 64.2 Å². The lowest BCUT2D eigenvalue weighted by Crippen LogP contribution is -2.60. The van der Waals surface area contributed by atoms with Gasteiger partial charge in [-0.25, -0.2) is 0 Å². The monoisotopic (exact) mass is 297 g/mol. The minimum absolute atomic E-state index is 0.0214. The second-order valence-corrected chi connectivity index (χ2v) is 7.08. The van der Waals surface area contributed by atoms with Crippen LogP contribution in [0.3, 0.4) is 0 Å². The van der Waals surface area contributed by atoms with Crippen molar-refractivity contribution < 1.29 is 9.53 Å². The fourth-order valence-electron chi connectivity index (χ4n) is 3.47. The molecule has 2 aliphatic heterocycles. The van der Waals surface area contributed by atoms with Crippen molar-refractivity contribution in [2.24, 2.45) is 5.73 Å². The lowest BCUT2D eigenvalue weighted by molar-refractivity contribution is -0.155. The highest BCUT2D eigenvalue weighted by molar-refractivity contribution is 5.81. The molecule has 0 aromatic carbocycles. The number of ether oxygens (including phenoxy) is 1. The summed E-state index contributed by atoms with van der Waals surface area (Å²) in [6.07, 6.45) is 4.79. The summed E-state index contributed by atoms with van der Waals surface area (Å²) in [5.74, 6) is 0.269. The van der Waals surface area contributed by atoms with Gasteiger partial charge in [0.15, 0.2) is 0 Å². The molecule has 21 heavy (non-hydrogen) atoms. The van der Waals surface area contributed by atoms with E-state index in [1.165, 1.54) is 12.8 Å². The summed E-state index contributed by atoms with van der Waals surface area (Å²) in [6.45, 7) is 10.0. The Labute approximate surface area is 128 Å². The first-order chi connectivity index (χ1) is 9.93. The number of hydrogen-bond acceptors (Lipinski definition) is 4. The topological polar surface area (TPSA) is 58.8 Å². The summed E-state index contributed by atoms with van der Waals surface area (Å²) in [5, 5.41) is 0. The van der Waals surface area contributed by atoms with Crippen LogP contribution in [0.2, 0.25) is 0 Å². The molecule has 0 bridgehead atoms. The Morgan fingerprint density at radius 2 is 1.90 bits per heavy atom. The van der Waals surface area contributed by atoms with Gasteiger partial charge >= 0.3 is 0 Å². The Balaban J connectivity index is 2.00. The molecule has 2 fully saturated rings. The van der Waals surface area contributed by atoms with Gasteiger partial charge in [-0.3, -0.25) is 9.69 Å². The summed E-state index contributed by atoms with van der Waals surface area (Å²) in [6, 6.07) is -0.0830. The van der Waals surface area contributed by atoms with Gasteiger partial charge in [-0.05, 0) is 33.6 Å². The number of nitrogens with two attached hydrogens (primary N) is 1. The van der Waals surface area contributed by atoms with Crippen LogP contribution < -0.4 is 5.73 Å². The van der Waals surface area contributed by atoms with Crippen molar-refractivity contribution >= 4 is 5.91 Å². The normalized spacial score (nSPS) is 29.0. The molecule has 0 aliphatic carbocycles. The van der Waals surface area contributed by atoms with Gasteiger partial charge in [0.2, 0.25) is 5.91 Å². The van der Waals surface area contributed by atoms with Gasteiger partial charge in [-0.1, -0.05) is 12.8 Å². The maximum absolute atomic E-state index is 12.8. The van der Waals surface area contributed by atoms with Crippen molar-refractivity contribution in [3.63, 3.8) is 0 Å². The van der Waals surface area contributed by atoms with E-state index < -0.39 is 0 Å². The van der Waals surface area contributed by atoms with E-state index in [1.54, 1.807) is 0 Å². The third-order valence-corrected chi connectivity index (χ3v) is 4.59. The smallest absolute Gasteiger partial charge is 0.239 e. The van der Waals surface area contributed by atoms with Crippen LogP contribution in [0.5, 0.6) is 0 Å². The lowest BCUT2D eigenvalue weighted by atomic mass is 10.0. The number of likely N-dealkylation sites (tertiary alicyclic amines) is 1. The minimum atomic E-state index is -0.240. The maximum atomic E-state index is 12.8. The van der Waals surface area contributed by atoms with Crippen molar-refractivity contribution in [1.29, 1.82) is 0 Å². The Kier molecular flexibility index (Phi) is 5.63. The third-order valence-electron chi connectivity index (χ3n) is 4.59. The molecule has 1 amide bonds. The van der Waals surface area contributed by atoms with Gasteiger partial charge in [0.25, 0.3) is 0 Å². The van der Waals surface area contributed by atoms with Crippen LogP contribution in [0.25, 0.3) is 0 Å². The highest BCUT2D eigenvalue weighted by atomic mass is 16.5. The van der Waals surface area contributed by atoms with Crippen LogP contribution in [0, 0.1) is 0 Å². The van der Waals surface area contributed by atoms with Gasteiger partial charge in [0, 0.05) is 32.7 Å². The molecular weight excluding hydrogens is 266 g/mol. The Morgan fingerprint density at radius 3 is 2.48 bits per heavy atom. The summed E-state index contributed by atoms with van der Waals surface area (Å²) in [7, 11) is 0. The molecule has 2 rings (SSSR count). The van der Waals surface area contributed by atoms with Crippen LogP contribution in [0.4, 0.5) is 0 Å². The SMILES string of the molecule is CC(C(=O)N1CCCCCC1)N1CC(CN)OC(C)(C)C1. The fraction of sp³-hybridized carbons (Fsp3) is 0.938. The van der Waals surface area contributed by atoms with Crippen LogP contribution in [-0.2, 0) is 9.53 Å². The molecule has 0 aromatic rings. The van der Waals surface area contributed by atoms with E-state index in [9.17, 15) is 4.79 Å². The lowest BCUT2D eigenvalue weighted by Gasteiger charge is -2.45. The second-order valence-electron chi connectivity index (χ2n) is 7.08. The van der Waals surface area contributed by atoms with Crippen molar-refractivity contribution in [1.82, 2.24) is 9.80 Å². The molecule has 5 nitrogen and oxygen atoms in total. The number of rotatable bonds is 3. The average Bonchev–Trinajstić information content (AvgIpc) is 2.72. The molecule has 2 heterocycles. The molecule has 0 radical (unpaired) electrons. The molecule has 2 N–H and O–H groups in total. The van der Waals surface area contributed by atoms with Gasteiger partial charge in [0.1, 0.15) is 0 Å². The van der Waals surface area contributed by atoms with Gasteiger partial charge in [-0.15, -0.1) is 0 Å². The van der Waals surface area contributed by atoms with Gasteiger partial charge in [-0.2, -0.15) is 0 Å². The number of carbonyl (C=O) groups is 1. The molecule has 2 atom stereocenters. The first-order valence-corrected chi connectivity index (χ1v) is 8.33. The zero-order chi connectivity index (χ0) is 15.5. The zero-order valence-corrected chi connectivity index (χ0v) is 13.8. The molecule has 2 aliphatic rings. The van der Waals surface area contributed by atoms with E-state index in [4.69, 9.17) is 10.5 Å². The first kappa shape index (κ1) is 16.7. The molecular formula is C16H31N3O2. The van der Waals surface area contributed by atoms with E-state index in [2.05, 4.69) is 23.6 Å². The van der Waals surface area contributed by atoms with Crippen molar-refractivity contribution in [3.8, 4) is 0 Å². The van der Waals surface area contributed by atoms with Crippen LogP contribution in [0.15, 0.2) is 0 Å². The molecule has 5 heteroatoms. The molecule has 0 spiro atoms. The summed E-state index contributed by atoms with van der Waals surface area (Å²) in [4.78, 5) is 17.1. The highest BCUT2D eigenvalue weighted by Gasteiger charge is 2.37. The number of nitrogens with zero attached hydrogens (tertiary/aromatic N) is 2. The van der Waals surface area contributed by atoms with Crippen molar-refractivity contribution in [3.05, 3.63) is 0 Å². The van der Waals surface area contributed by atoms with E-state index in [0.29, 0.717) is 6.54 Å². The number of hydrogen-bond donors (Lipinski definition) is 1. The Hall–Kier alpha value is -0.650. The van der Waals surface area contributed by atoms with Gasteiger partial charge < -0.3 is 15.4 Å². The molecule has 2 unspecified atom stereocenters. The summed E-state index contributed by atoms with van der Waals surface area (Å²) in [5.41, 5.74) is 5.54. The molecule has 2 saturated heterocycles. The highest BCUT2D eigenvalue weighted by Crippen LogP contribution is 2.23. The number of morpholine rings is 1. The standard InChI is InChI=1S/C16H31N3O2/c1-13(15(20)18-8-6-4-5-7-9-18)19-11-14(10-17)21-16(2,3)12-19/h13-14H,4-12,17H2,1-3H3. The van der Waals surface area contributed by atoms with Crippen LogP contribution >= 0.6 is 0 Å². The zero-order valence-electron chi connectivity index (χ0n) is 13.8. The summed E-state index contributed by atoms with van der Waals surface area (Å²) >= 11 is 0. The molecule has 0 aromatic heterocycles. The van der Waals surface area contributed by atoms with E-state index >= 15 is 0 Å². The van der Waals surface area contributed by atoms with Crippen molar-refractivity contribution in [2.75, 3.05) is 32.7 Å². The van der Waals surface area contributed by atoms with E-state index in [1.807, 2.05) is 6.92 Å².